The molecule has 1 aliphatic rings. The van der Waals surface area contributed by atoms with Gasteiger partial charge in [-0.15, -0.1) is 0 Å². The van der Waals surface area contributed by atoms with Crippen LogP contribution in [0.4, 0.5) is 4.79 Å². The van der Waals surface area contributed by atoms with Gasteiger partial charge in [0.15, 0.2) is 0 Å². The van der Waals surface area contributed by atoms with Crippen LogP contribution in [0, 0.1) is 3.57 Å². The van der Waals surface area contributed by atoms with E-state index in [1.165, 1.54) is 7.05 Å². The molecule has 7 heteroatoms. The second-order valence-corrected chi connectivity index (χ2v) is 6.77. The van der Waals surface area contributed by atoms with Crippen molar-refractivity contribution in [3.63, 3.8) is 0 Å². The first-order valence-corrected chi connectivity index (χ1v) is 7.87. The first-order valence-electron chi connectivity index (χ1n) is 5.18. The van der Waals surface area contributed by atoms with E-state index in [9.17, 15) is 9.59 Å². The van der Waals surface area contributed by atoms with Crippen molar-refractivity contribution in [2.24, 2.45) is 0 Å². The van der Waals surface area contributed by atoms with Crippen LogP contribution >= 0.6 is 50.3 Å². The lowest BCUT2D eigenvalue weighted by molar-refractivity contribution is -0.121. The number of carbonyl (C=O) groups is 2. The van der Waals surface area contributed by atoms with E-state index in [1.807, 2.05) is 12.1 Å². The van der Waals surface area contributed by atoms with Gasteiger partial charge in [0, 0.05) is 7.05 Å². The first kappa shape index (κ1) is 14.9. The van der Waals surface area contributed by atoms with Gasteiger partial charge in [0.2, 0.25) is 0 Å². The molecule has 1 aromatic rings. The fourth-order valence-corrected chi connectivity index (χ4v) is 4.26. The van der Waals surface area contributed by atoms with Gasteiger partial charge in [-0.2, -0.15) is 0 Å². The third-order valence-corrected chi connectivity index (χ3v) is 4.86. The lowest BCUT2D eigenvalue weighted by Crippen LogP contribution is -2.22. The quantitative estimate of drug-likeness (QED) is 0.505. The Kier molecular flexibility index (Phi) is 4.57. The highest BCUT2D eigenvalue weighted by Gasteiger charge is 2.31. The number of amides is 2. The molecule has 2 rings (SSSR count). The van der Waals surface area contributed by atoms with Crippen molar-refractivity contribution in [2.75, 3.05) is 14.2 Å². The molecule has 0 atom stereocenters. The number of carbonyl (C=O) groups excluding carboxylic acids is 2. The molecule has 19 heavy (non-hydrogen) atoms. The maximum absolute atomic E-state index is 11.8. The standard InChI is InChI=1S/C12H9BrINO3S/c1-15-11(16)9(19-12(15)17)5-6-3-7(13)10(18-2)8(14)4-6/h3-5H,1-2H3/b9-5-. The average molecular weight is 454 g/mol. The number of nitrogens with zero attached hydrogens (tertiary/aromatic N) is 1. The maximum atomic E-state index is 11.8. The van der Waals surface area contributed by atoms with Crippen LogP contribution in [-0.4, -0.2) is 30.2 Å². The number of thioether (sulfide) groups is 1. The second kappa shape index (κ2) is 5.84. The SMILES string of the molecule is COc1c(Br)cc(/C=C2\SC(=O)N(C)C2=O)cc1I. The van der Waals surface area contributed by atoms with E-state index in [4.69, 9.17) is 4.74 Å². The first-order chi connectivity index (χ1) is 8.93. The fourth-order valence-electron chi connectivity index (χ4n) is 1.55. The Bertz CT molecular complexity index is 580. The Morgan fingerprint density at radius 3 is 2.58 bits per heavy atom. The van der Waals surface area contributed by atoms with Gasteiger partial charge < -0.3 is 4.74 Å². The van der Waals surface area contributed by atoms with Gasteiger partial charge in [0.25, 0.3) is 11.1 Å². The highest BCUT2D eigenvalue weighted by molar-refractivity contribution is 14.1. The molecule has 0 spiro atoms. The zero-order valence-electron chi connectivity index (χ0n) is 10.1. The van der Waals surface area contributed by atoms with Crippen molar-refractivity contribution < 1.29 is 14.3 Å². The topological polar surface area (TPSA) is 46.6 Å². The predicted molar refractivity (Wildman–Crippen MR) is 87.1 cm³/mol. The van der Waals surface area contributed by atoms with Gasteiger partial charge >= 0.3 is 0 Å². The summed E-state index contributed by atoms with van der Waals surface area (Å²) in [7, 11) is 3.08. The van der Waals surface area contributed by atoms with Crippen molar-refractivity contribution in [3.8, 4) is 5.75 Å². The van der Waals surface area contributed by atoms with Crippen LogP contribution in [0.1, 0.15) is 5.56 Å². The highest BCUT2D eigenvalue weighted by Crippen LogP contribution is 2.35. The van der Waals surface area contributed by atoms with Crippen LogP contribution in [0.25, 0.3) is 6.08 Å². The summed E-state index contributed by atoms with van der Waals surface area (Å²) in [5.41, 5.74) is 0.844. The summed E-state index contributed by atoms with van der Waals surface area (Å²) in [4.78, 5) is 24.7. The molecule has 1 heterocycles. The largest absolute Gasteiger partial charge is 0.494 e. The summed E-state index contributed by atoms with van der Waals surface area (Å²) < 4.78 is 6.98. The number of hydrogen-bond donors (Lipinski definition) is 0. The van der Waals surface area contributed by atoms with Crippen LogP contribution < -0.4 is 4.74 Å². The Balaban J connectivity index is 2.40. The summed E-state index contributed by atoms with van der Waals surface area (Å²) in [5.74, 6) is 0.485. The minimum Gasteiger partial charge on any atom is -0.494 e. The van der Waals surface area contributed by atoms with E-state index in [0.717, 1.165) is 36.0 Å². The van der Waals surface area contributed by atoms with Crippen molar-refractivity contribution in [3.05, 3.63) is 30.6 Å². The normalized spacial score (nSPS) is 17.5. The Labute approximate surface area is 136 Å². The molecule has 0 radical (unpaired) electrons. The van der Waals surface area contributed by atoms with Crippen LogP contribution in [0.5, 0.6) is 5.75 Å². The summed E-state index contributed by atoms with van der Waals surface area (Å²) in [5, 5.41) is -0.251. The zero-order valence-corrected chi connectivity index (χ0v) is 14.6. The summed E-state index contributed by atoms with van der Waals surface area (Å²) >= 11 is 6.52. The molecule has 0 saturated carbocycles. The van der Waals surface area contributed by atoms with E-state index in [0.29, 0.717) is 4.91 Å². The molecule has 1 fully saturated rings. The second-order valence-electron chi connectivity index (χ2n) is 3.76. The van der Waals surface area contributed by atoms with Crippen LogP contribution in [-0.2, 0) is 4.79 Å². The molecule has 1 aliphatic heterocycles. The molecule has 0 aromatic heterocycles. The van der Waals surface area contributed by atoms with Gasteiger partial charge in [-0.25, -0.2) is 0 Å². The Morgan fingerprint density at radius 1 is 1.42 bits per heavy atom. The Hall–Kier alpha value is -0.540. The molecule has 1 aromatic carbocycles. The van der Waals surface area contributed by atoms with Gasteiger partial charge in [-0.1, -0.05) is 0 Å². The van der Waals surface area contributed by atoms with Crippen molar-refractivity contribution in [1.29, 1.82) is 0 Å². The smallest absolute Gasteiger partial charge is 0.293 e. The lowest BCUT2D eigenvalue weighted by atomic mass is 10.2. The lowest BCUT2D eigenvalue weighted by Gasteiger charge is -2.07. The number of ether oxygens (including phenoxy) is 1. The molecular weight excluding hydrogens is 445 g/mol. The number of benzene rings is 1. The fraction of sp³-hybridized carbons (Fsp3) is 0.167. The molecule has 0 aliphatic carbocycles. The van der Waals surface area contributed by atoms with E-state index >= 15 is 0 Å². The van der Waals surface area contributed by atoms with Crippen LogP contribution in [0.3, 0.4) is 0 Å². The molecular formula is C12H9BrINO3S. The predicted octanol–water partition coefficient (Wildman–Crippen LogP) is 3.73. The number of imide groups is 1. The highest BCUT2D eigenvalue weighted by atomic mass is 127. The number of halogens is 2. The maximum Gasteiger partial charge on any atom is 0.293 e. The van der Waals surface area contributed by atoms with Gasteiger partial charge in [0.1, 0.15) is 5.75 Å². The number of likely N-dealkylation sites (N-methyl/N-ethyl adjacent to an activating group) is 1. The minimum atomic E-state index is -0.267. The third-order valence-electron chi connectivity index (χ3n) is 2.51. The summed E-state index contributed by atoms with van der Waals surface area (Å²) in [6.45, 7) is 0. The van der Waals surface area contributed by atoms with E-state index in [1.54, 1.807) is 13.2 Å². The summed E-state index contributed by atoms with van der Waals surface area (Å²) in [6, 6.07) is 3.75. The molecule has 4 nitrogen and oxygen atoms in total. The monoisotopic (exact) mass is 453 g/mol. The van der Waals surface area contributed by atoms with Crippen molar-refractivity contribution in [1.82, 2.24) is 4.90 Å². The van der Waals surface area contributed by atoms with E-state index < -0.39 is 0 Å². The molecule has 1 saturated heterocycles. The van der Waals surface area contributed by atoms with Crippen molar-refractivity contribution in [2.45, 2.75) is 0 Å². The summed E-state index contributed by atoms with van der Waals surface area (Å²) in [6.07, 6.45) is 1.71. The molecule has 2 amide bonds. The number of methoxy groups -OCH3 is 1. The molecule has 0 unspecified atom stereocenters. The van der Waals surface area contributed by atoms with E-state index in [2.05, 4.69) is 38.5 Å². The minimum absolute atomic E-state index is 0.251. The van der Waals surface area contributed by atoms with Gasteiger partial charge in [-0.05, 0) is 74.1 Å². The average Bonchev–Trinajstić information content (AvgIpc) is 2.57. The number of hydrogen-bond acceptors (Lipinski definition) is 4. The molecule has 100 valence electrons. The van der Waals surface area contributed by atoms with Gasteiger partial charge in [-0.3, -0.25) is 14.5 Å². The molecule has 0 bridgehead atoms. The van der Waals surface area contributed by atoms with E-state index in [-0.39, 0.29) is 11.1 Å². The number of rotatable bonds is 2. The molecule has 0 N–H and O–H groups in total. The zero-order chi connectivity index (χ0) is 14.2. The third kappa shape index (κ3) is 2.97. The van der Waals surface area contributed by atoms with Crippen LogP contribution in [0.2, 0.25) is 0 Å². The Morgan fingerprint density at radius 2 is 2.11 bits per heavy atom. The van der Waals surface area contributed by atoms with Crippen LogP contribution in [0.15, 0.2) is 21.5 Å². The van der Waals surface area contributed by atoms with Gasteiger partial charge in [0.05, 0.1) is 20.1 Å². The van der Waals surface area contributed by atoms with Crippen molar-refractivity contribution >= 4 is 67.5 Å².